The number of hydrogen-bond acceptors (Lipinski definition) is 2. The molecule has 2 nitrogen and oxygen atoms in total. The lowest BCUT2D eigenvalue weighted by Gasteiger charge is -2.21. The van der Waals surface area contributed by atoms with Crippen LogP contribution in [0.5, 0.6) is 0 Å². The van der Waals surface area contributed by atoms with E-state index < -0.39 is 0 Å². The summed E-state index contributed by atoms with van der Waals surface area (Å²) < 4.78 is 5.36. The van der Waals surface area contributed by atoms with E-state index in [9.17, 15) is 0 Å². The third-order valence-corrected chi connectivity index (χ3v) is 1.99. The molecular weight excluding hydrogens is 138 g/mol. The first-order valence-corrected chi connectivity index (χ1v) is 4.33. The van der Waals surface area contributed by atoms with Gasteiger partial charge in [0, 0.05) is 6.54 Å². The standard InChI is InChI=1S/C9H17NO/c1-2-6-11-8-9-4-3-5-10-7-9/h2,9-10H,1,3-8H2/t9-/m0/s1. The average molecular weight is 155 g/mol. The molecule has 1 rings (SSSR count). The van der Waals surface area contributed by atoms with Crippen LogP contribution in [0.3, 0.4) is 0 Å². The fourth-order valence-electron chi connectivity index (χ4n) is 1.38. The largest absolute Gasteiger partial charge is 0.377 e. The zero-order valence-electron chi connectivity index (χ0n) is 7.01. The van der Waals surface area contributed by atoms with Gasteiger partial charge in [-0.05, 0) is 25.3 Å². The van der Waals surface area contributed by atoms with E-state index in [1.165, 1.54) is 19.4 Å². The number of nitrogens with one attached hydrogen (secondary N) is 1. The van der Waals surface area contributed by atoms with Gasteiger partial charge in [-0.2, -0.15) is 0 Å². The summed E-state index contributed by atoms with van der Waals surface area (Å²) in [5.74, 6) is 0.726. The lowest BCUT2D eigenvalue weighted by atomic mass is 10.0. The highest BCUT2D eigenvalue weighted by Gasteiger charge is 2.11. The van der Waals surface area contributed by atoms with Gasteiger partial charge < -0.3 is 10.1 Å². The predicted octanol–water partition coefficient (Wildman–Crippen LogP) is 1.19. The lowest BCUT2D eigenvalue weighted by molar-refractivity contribution is 0.111. The molecule has 0 radical (unpaired) electrons. The molecule has 64 valence electrons. The van der Waals surface area contributed by atoms with Gasteiger partial charge in [-0.15, -0.1) is 6.58 Å². The molecule has 2 heteroatoms. The Morgan fingerprint density at radius 3 is 3.18 bits per heavy atom. The van der Waals surface area contributed by atoms with E-state index in [-0.39, 0.29) is 0 Å². The zero-order valence-corrected chi connectivity index (χ0v) is 7.01. The molecule has 1 fully saturated rings. The third kappa shape index (κ3) is 3.54. The fraction of sp³-hybridized carbons (Fsp3) is 0.778. The van der Waals surface area contributed by atoms with Gasteiger partial charge in [0.1, 0.15) is 0 Å². The molecular formula is C9H17NO. The summed E-state index contributed by atoms with van der Waals surface area (Å²) in [6.07, 6.45) is 4.41. The van der Waals surface area contributed by atoms with Gasteiger partial charge in [-0.25, -0.2) is 0 Å². The van der Waals surface area contributed by atoms with Crippen molar-refractivity contribution in [3.63, 3.8) is 0 Å². The number of ether oxygens (including phenoxy) is 1. The zero-order chi connectivity index (χ0) is 7.94. The minimum absolute atomic E-state index is 0.691. The van der Waals surface area contributed by atoms with Crippen LogP contribution in [0.15, 0.2) is 12.7 Å². The topological polar surface area (TPSA) is 21.3 Å². The second kappa shape index (κ2) is 5.33. The maximum Gasteiger partial charge on any atom is 0.0644 e. The summed E-state index contributed by atoms with van der Waals surface area (Å²) in [5.41, 5.74) is 0. The highest BCUT2D eigenvalue weighted by molar-refractivity contribution is 4.70. The second-order valence-corrected chi connectivity index (χ2v) is 3.04. The summed E-state index contributed by atoms with van der Waals surface area (Å²) in [6, 6.07) is 0. The van der Waals surface area contributed by atoms with E-state index in [1.54, 1.807) is 6.08 Å². The van der Waals surface area contributed by atoms with Crippen LogP contribution in [-0.4, -0.2) is 26.3 Å². The van der Waals surface area contributed by atoms with Crippen molar-refractivity contribution in [2.75, 3.05) is 26.3 Å². The summed E-state index contributed by atoms with van der Waals surface area (Å²) in [6.45, 7) is 7.48. The van der Waals surface area contributed by atoms with Crippen molar-refractivity contribution in [1.82, 2.24) is 5.32 Å². The SMILES string of the molecule is C=CCOC[C@H]1CCCNC1. The van der Waals surface area contributed by atoms with Crippen LogP contribution in [0.4, 0.5) is 0 Å². The van der Waals surface area contributed by atoms with Crippen LogP contribution in [0.25, 0.3) is 0 Å². The van der Waals surface area contributed by atoms with Crippen LogP contribution < -0.4 is 5.32 Å². The number of hydrogen-bond donors (Lipinski definition) is 1. The first-order valence-electron chi connectivity index (χ1n) is 4.33. The molecule has 0 aromatic heterocycles. The predicted molar refractivity (Wildman–Crippen MR) is 46.6 cm³/mol. The van der Waals surface area contributed by atoms with Gasteiger partial charge in [0.15, 0.2) is 0 Å². The van der Waals surface area contributed by atoms with Crippen LogP contribution in [-0.2, 0) is 4.74 Å². The van der Waals surface area contributed by atoms with Crippen molar-refractivity contribution in [1.29, 1.82) is 0 Å². The first kappa shape index (κ1) is 8.75. The molecule has 11 heavy (non-hydrogen) atoms. The van der Waals surface area contributed by atoms with Gasteiger partial charge in [-0.1, -0.05) is 6.08 Å². The van der Waals surface area contributed by atoms with Crippen LogP contribution in [0, 0.1) is 5.92 Å². The molecule has 1 aliphatic rings. The van der Waals surface area contributed by atoms with Gasteiger partial charge in [-0.3, -0.25) is 0 Å². The molecule has 0 bridgehead atoms. The third-order valence-electron chi connectivity index (χ3n) is 1.99. The smallest absolute Gasteiger partial charge is 0.0644 e. The molecule has 1 heterocycles. The molecule has 1 N–H and O–H groups in total. The monoisotopic (exact) mass is 155 g/mol. The van der Waals surface area contributed by atoms with E-state index in [1.807, 2.05) is 0 Å². The Morgan fingerprint density at radius 1 is 1.64 bits per heavy atom. The first-order chi connectivity index (χ1) is 5.43. The van der Waals surface area contributed by atoms with Crippen LogP contribution in [0.2, 0.25) is 0 Å². The van der Waals surface area contributed by atoms with Crippen molar-refractivity contribution >= 4 is 0 Å². The molecule has 0 aromatic rings. The summed E-state index contributed by atoms with van der Waals surface area (Å²) in [4.78, 5) is 0. The van der Waals surface area contributed by atoms with Crippen molar-refractivity contribution < 1.29 is 4.74 Å². The van der Waals surface area contributed by atoms with Crippen molar-refractivity contribution in [3.05, 3.63) is 12.7 Å². The summed E-state index contributed by atoms with van der Waals surface area (Å²) in [5, 5.41) is 3.36. The van der Waals surface area contributed by atoms with E-state index in [0.717, 1.165) is 19.1 Å². The maximum atomic E-state index is 5.36. The Morgan fingerprint density at radius 2 is 2.55 bits per heavy atom. The second-order valence-electron chi connectivity index (χ2n) is 3.04. The molecule has 0 aliphatic carbocycles. The average Bonchev–Trinajstić information content (AvgIpc) is 2.07. The Balaban J connectivity index is 2.00. The number of piperidine rings is 1. The van der Waals surface area contributed by atoms with E-state index in [2.05, 4.69) is 11.9 Å². The van der Waals surface area contributed by atoms with E-state index >= 15 is 0 Å². The molecule has 0 aromatic carbocycles. The normalized spacial score (nSPS) is 24.9. The minimum atomic E-state index is 0.691. The van der Waals surface area contributed by atoms with Gasteiger partial charge in [0.25, 0.3) is 0 Å². The lowest BCUT2D eigenvalue weighted by Crippen LogP contribution is -2.32. The van der Waals surface area contributed by atoms with Gasteiger partial charge >= 0.3 is 0 Å². The molecule has 1 aliphatic heterocycles. The Labute approximate surface area is 68.6 Å². The van der Waals surface area contributed by atoms with E-state index in [0.29, 0.717) is 6.61 Å². The highest BCUT2D eigenvalue weighted by Crippen LogP contribution is 2.09. The van der Waals surface area contributed by atoms with E-state index in [4.69, 9.17) is 4.74 Å². The molecule has 1 saturated heterocycles. The fourth-order valence-corrected chi connectivity index (χ4v) is 1.38. The van der Waals surface area contributed by atoms with Gasteiger partial charge in [0.05, 0.1) is 13.2 Å². The molecule has 0 unspecified atom stereocenters. The minimum Gasteiger partial charge on any atom is -0.377 e. The van der Waals surface area contributed by atoms with Gasteiger partial charge in [0.2, 0.25) is 0 Å². The van der Waals surface area contributed by atoms with Crippen molar-refractivity contribution in [2.45, 2.75) is 12.8 Å². The van der Waals surface area contributed by atoms with Crippen molar-refractivity contribution in [3.8, 4) is 0 Å². The Hall–Kier alpha value is -0.340. The highest BCUT2D eigenvalue weighted by atomic mass is 16.5. The molecule has 0 spiro atoms. The van der Waals surface area contributed by atoms with Crippen LogP contribution in [0.1, 0.15) is 12.8 Å². The van der Waals surface area contributed by atoms with Crippen LogP contribution >= 0.6 is 0 Å². The van der Waals surface area contributed by atoms with Crippen molar-refractivity contribution in [2.24, 2.45) is 5.92 Å². The molecule has 1 atom stereocenters. The summed E-state index contributed by atoms with van der Waals surface area (Å²) in [7, 11) is 0. The Bertz CT molecular complexity index is 108. The summed E-state index contributed by atoms with van der Waals surface area (Å²) >= 11 is 0. The molecule has 0 amide bonds. The Kier molecular flexibility index (Phi) is 4.24. The quantitative estimate of drug-likeness (QED) is 0.486. The maximum absolute atomic E-state index is 5.36. The number of rotatable bonds is 4. The molecule has 0 saturated carbocycles.